The van der Waals surface area contributed by atoms with Gasteiger partial charge in [0.05, 0.1) is 5.56 Å². The summed E-state index contributed by atoms with van der Waals surface area (Å²) in [5.74, 6) is -2.80. The minimum atomic E-state index is -4.81. The van der Waals surface area contributed by atoms with E-state index in [1.54, 1.807) is 0 Å². The number of carboxylic acid groups (broad SMARTS) is 1. The molecule has 1 unspecified atom stereocenters. The van der Waals surface area contributed by atoms with Gasteiger partial charge in [-0.3, -0.25) is 0 Å². The lowest BCUT2D eigenvalue weighted by molar-refractivity contribution is -0.141. The Bertz CT molecular complexity index is 1200. The molecule has 0 spiro atoms. The van der Waals surface area contributed by atoms with E-state index in [4.69, 9.17) is 4.74 Å². The highest BCUT2D eigenvalue weighted by Gasteiger charge is 2.35. The van der Waals surface area contributed by atoms with Gasteiger partial charge in [-0.15, -0.1) is 0 Å². The van der Waals surface area contributed by atoms with Crippen LogP contribution in [0.4, 0.5) is 22.4 Å². The maximum Gasteiger partial charge on any atom is 0.416 e. The van der Waals surface area contributed by atoms with Crippen LogP contribution in [0, 0.1) is 5.82 Å². The van der Waals surface area contributed by atoms with Crippen LogP contribution in [0.15, 0.2) is 66.7 Å². The highest BCUT2D eigenvalue weighted by atomic mass is 19.4. The lowest BCUT2D eigenvalue weighted by Crippen LogP contribution is -2.43. The topological polar surface area (TPSA) is 75.6 Å². The van der Waals surface area contributed by atoms with Gasteiger partial charge in [-0.1, -0.05) is 48.5 Å². The van der Waals surface area contributed by atoms with Crippen LogP contribution in [-0.4, -0.2) is 29.8 Å². The molecular weight excluding hydrogens is 454 g/mol. The van der Waals surface area contributed by atoms with Crippen molar-refractivity contribution in [3.05, 3.63) is 94.8 Å². The number of hydrogen-bond acceptors (Lipinski definition) is 3. The van der Waals surface area contributed by atoms with Crippen LogP contribution >= 0.6 is 0 Å². The molecule has 9 heteroatoms. The summed E-state index contributed by atoms with van der Waals surface area (Å²) in [5, 5.41) is 11.5. The molecule has 2 N–H and O–H groups in total. The van der Waals surface area contributed by atoms with Gasteiger partial charge in [0.25, 0.3) is 0 Å². The highest BCUT2D eigenvalue weighted by Crippen LogP contribution is 2.44. The summed E-state index contributed by atoms with van der Waals surface area (Å²) in [5.41, 5.74) is 2.14. The first-order chi connectivity index (χ1) is 16.1. The predicted molar refractivity (Wildman–Crippen MR) is 115 cm³/mol. The number of fused-ring (bicyclic) bond motifs is 3. The summed E-state index contributed by atoms with van der Waals surface area (Å²) in [6, 6.07) is 15.3. The SMILES string of the molecule is O=C(NC(Cc1cc(F)ccc1C(F)(F)F)C(=O)O)OCC1c2ccccc2-c2ccccc21. The molecule has 1 amide bonds. The first kappa shape index (κ1) is 23.3. The number of benzene rings is 3. The number of carbonyl (C=O) groups is 2. The zero-order valence-corrected chi connectivity index (χ0v) is 17.6. The number of hydrogen-bond donors (Lipinski definition) is 2. The number of aliphatic carboxylic acids is 1. The van der Waals surface area contributed by atoms with Crippen LogP contribution in [0.25, 0.3) is 11.1 Å². The number of amides is 1. The third-order valence-corrected chi connectivity index (χ3v) is 5.73. The molecule has 5 nitrogen and oxygen atoms in total. The Morgan fingerprint density at radius 2 is 1.56 bits per heavy atom. The molecule has 3 aromatic carbocycles. The van der Waals surface area contributed by atoms with E-state index in [1.807, 2.05) is 48.5 Å². The molecule has 0 saturated carbocycles. The predicted octanol–water partition coefficient (Wildman–Crippen LogP) is 5.38. The van der Waals surface area contributed by atoms with E-state index >= 15 is 0 Å². The van der Waals surface area contributed by atoms with Crippen LogP contribution in [0.1, 0.15) is 28.2 Å². The molecule has 1 aliphatic rings. The number of halogens is 4. The van der Waals surface area contributed by atoms with Crippen LogP contribution in [-0.2, 0) is 22.1 Å². The smallest absolute Gasteiger partial charge is 0.416 e. The molecular formula is C25H19F4NO4. The number of nitrogens with one attached hydrogen (secondary N) is 1. The number of carbonyl (C=O) groups excluding carboxylic acids is 1. The fourth-order valence-corrected chi connectivity index (χ4v) is 4.21. The first-order valence-electron chi connectivity index (χ1n) is 10.3. The number of ether oxygens (including phenoxy) is 1. The number of rotatable bonds is 6. The Kier molecular flexibility index (Phi) is 6.28. The summed E-state index contributed by atoms with van der Waals surface area (Å²) >= 11 is 0. The van der Waals surface area contributed by atoms with Gasteiger partial charge in [-0.25, -0.2) is 14.0 Å². The lowest BCUT2D eigenvalue weighted by atomic mass is 9.98. The van der Waals surface area contributed by atoms with Gasteiger partial charge in [0.2, 0.25) is 0 Å². The largest absolute Gasteiger partial charge is 0.480 e. The standard InChI is InChI=1S/C25H19F4NO4/c26-15-9-10-21(25(27,28)29)14(11-15)12-22(23(31)32)30-24(33)34-13-20-18-7-3-1-5-16(18)17-6-2-4-8-19(17)20/h1-11,20,22H,12-13H2,(H,30,33)(H,31,32). The highest BCUT2D eigenvalue weighted by molar-refractivity contribution is 5.81. The molecule has 1 aliphatic carbocycles. The monoisotopic (exact) mass is 473 g/mol. The Labute approximate surface area is 192 Å². The summed E-state index contributed by atoms with van der Waals surface area (Å²) in [6.07, 6.45) is -6.68. The minimum absolute atomic E-state index is 0.0973. The molecule has 176 valence electrons. The van der Waals surface area contributed by atoms with Gasteiger partial charge in [0, 0.05) is 12.3 Å². The van der Waals surface area contributed by atoms with Gasteiger partial charge in [0.1, 0.15) is 18.5 Å². The van der Waals surface area contributed by atoms with Crippen LogP contribution in [0.3, 0.4) is 0 Å². The molecule has 3 aromatic rings. The molecule has 0 aromatic heterocycles. The molecule has 0 fully saturated rings. The van der Waals surface area contributed by atoms with Crippen molar-refractivity contribution in [3.8, 4) is 11.1 Å². The van der Waals surface area contributed by atoms with Crippen LogP contribution in [0.5, 0.6) is 0 Å². The van der Waals surface area contributed by atoms with Crippen molar-refractivity contribution >= 4 is 12.1 Å². The van der Waals surface area contributed by atoms with E-state index in [-0.39, 0.29) is 12.5 Å². The zero-order valence-electron chi connectivity index (χ0n) is 17.6. The zero-order chi connectivity index (χ0) is 24.5. The van der Waals surface area contributed by atoms with Gasteiger partial charge in [-0.05, 0) is 46.0 Å². The van der Waals surface area contributed by atoms with Gasteiger partial charge in [-0.2, -0.15) is 13.2 Å². The second kappa shape index (κ2) is 9.17. The molecule has 0 aliphatic heterocycles. The second-order valence-electron chi connectivity index (χ2n) is 7.86. The van der Waals surface area contributed by atoms with Crippen molar-refractivity contribution in [1.29, 1.82) is 0 Å². The summed E-state index contributed by atoms with van der Waals surface area (Å²) in [4.78, 5) is 24.0. The third-order valence-electron chi connectivity index (χ3n) is 5.73. The summed E-state index contributed by atoms with van der Waals surface area (Å²) < 4.78 is 58.6. The van der Waals surface area contributed by atoms with Crippen molar-refractivity contribution in [1.82, 2.24) is 5.32 Å². The van der Waals surface area contributed by atoms with Crippen molar-refractivity contribution in [2.45, 2.75) is 24.6 Å². The van der Waals surface area contributed by atoms with Crippen molar-refractivity contribution in [2.75, 3.05) is 6.61 Å². The van der Waals surface area contributed by atoms with E-state index in [0.29, 0.717) is 18.2 Å². The van der Waals surface area contributed by atoms with Gasteiger partial charge >= 0.3 is 18.2 Å². The molecule has 1 atom stereocenters. The first-order valence-corrected chi connectivity index (χ1v) is 10.3. The molecule has 0 bridgehead atoms. The average Bonchev–Trinajstić information content (AvgIpc) is 3.10. The van der Waals surface area contributed by atoms with E-state index in [2.05, 4.69) is 5.32 Å². The Morgan fingerprint density at radius 1 is 0.971 bits per heavy atom. The summed E-state index contributed by atoms with van der Waals surface area (Å²) in [6.45, 7) is -0.0973. The quantitative estimate of drug-likeness (QED) is 0.472. The second-order valence-corrected chi connectivity index (χ2v) is 7.86. The number of carboxylic acids is 1. The Morgan fingerprint density at radius 3 is 2.12 bits per heavy atom. The van der Waals surface area contributed by atoms with Crippen molar-refractivity contribution in [3.63, 3.8) is 0 Å². The fraction of sp³-hybridized carbons (Fsp3) is 0.200. The summed E-state index contributed by atoms with van der Waals surface area (Å²) in [7, 11) is 0. The Hall–Kier alpha value is -3.88. The van der Waals surface area contributed by atoms with E-state index < -0.39 is 47.6 Å². The van der Waals surface area contributed by atoms with E-state index in [1.165, 1.54) is 0 Å². The van der Waals surface area contributed by atoms with Crippen LogP contribution in [0.2, 0.25) is 0 Å². The molecule has 0 radical (unpaired) electrons. The van der Waals surface area contributed by atoms with Crippen LogP contribution < -0.4 is 5.32 Å². The van der Waals surface area contributed by atoms with Crippen molar-refractivity contribution < 1.29 is 37.0 Å². The van der Waals surface area contributed by atoms with Crippen molar-refractivity contribution in [2.24, 2.45) is 0 Å². The molecule has 34 heavy (non-hydrogen) atoms. The van der Waals surface area contributed by atoms with E-state index in [9.17, 15) is 32.3 Å². The van der Waals surface area contributed by atoms with Gasteiger partial charge < -0.3 is 15.2 Å². The van der Waals surface area contributed by atoms with E-state index in [0.717, 1.165) is 22.3 Å². The number of alkyl halides is 3. The number of alkyl carbamates (subject to hydrolysis) is 1. The normalized spacial score (nSPS) is 13.6. The maximum absolute atomic E-state index is 13.6. The molecule has 4 rings (SSSR count). The molecule has 0 saturated heterocycles. The average molecular weight is 473 g/mol. The van der Waals surface area contributed by atoms with Gasteiger partial charge in [0.15, 0.2) is 0 Å². The fourth-order valence-electron chi connectivity index (χ4n) is 4.21. The third kappa shape index (κ3) is 4.73. The molecule has 0 heterocycles. The lowest BCUT2D eigenvalue weighted by Gasteiger charge is -2.19. The minimum Gasteiger partial charge on any atom is -0.480 e. The maximum atomic E-state index is 13.6. The Balaban J connectivity index is 1.47.